The van der Waals surface area contributed by atoms with Crippen LogP contribution in [-0.2, 0) is 18.5 Å². The van der Waals surface area contributed by atoms with E-state index in [-0.39, 0.29) is 12.3 Å². The molecule has 0 radical (unpaired) electrons. The summed E-state index contributed by atoms with van der Waals surface area (Å²) in [4.78, 5) is 17.4. The quantitative estimate of drug-likeness (QED) is 0.467. The summed E-state index contributed by atoms with van der Waals surface area (Å²) in [7, 11) is 3.09. The predicted molar refractivity (Wildman–Crippen MR) is 84.6 cm³/mol. The van der Waals surface area contributed by atoms with Crippen LogP contribution in [0.3, 0.4) is 0 Å². The van der Waals surface area contributed by atoms with E-state index in [4.69, 9.17) is 9.57 Å². The largest absolute Gasteiger partial charge is 0.496 e. The van der Waals surface area contributed by atoms with Crippen LogP contribution in [0.5, 0.6) is 5.75 Å². The molecule has 0 amide bonds. The monoisotopic (exact) mass is 323 g/mol. The Labute approximate surface area is 131 Å². The molecule has 1 aromatic heterocycles. The fourth-order valence-corrected chi connectivity index (χ4v) is 1.91. The molecule has 0 saturated heterocycles. The number of tetrazole rings is 1. The number of hydrogen-bond acceptors (Lipinski definition) is 7. The van der Waals surface area contributed by atoms with E-state index in [1.807, 2.05) is 13.2 Å². The van der Waals surface area contributed by atoms with Crippen molar-refractivity contribution in [2.75, 3.05) is 13.4 Å². The van der Waals surface area contributed by atoms with Crippen LogP contribution in [0.25, 0.3) is 5.69 Å². The number of hydrogen-bond donors (Lipinski definition) is 0. The first-order valence-electron chi connectivity index (χ1n) is 6.44. The Morgan fingerprint density at radius 1 is 1.41 bits per heavy atom. The lowest BCUT2D eigenvalue weighted by molar-refractivity contribution is 0.129. The van der Waals surface area contributed by atoms with Crippen LogP contribution in [0.15, 0.2) is 28.1 Å². The van der Waals surface area contributed by atoms with Crippen LogP contribution in [0, 0.1) is 0 Å². The lowest BCUT2D eigenvalue weighted by Crippen LogP contribution is -2.23. The molecule has 1 heterocycles. The number of methoxy groups -OCH3 is 1. The fraction of sp³-hybridized carbons (Fsp3) is 0.385. The van der Waals surface area contributed by atoms with Crippen LogP contribution in [-0.4, -0.2) is 38.2 Å². The zero-order valence-electron chi connectivity index (χ0n) is 12.8. The molecular formula is C13H17N5O3S. The predicted octanol–water partition coefficient (Wildman–Crippen LogP) is 1.19. The van der Waals surface area contributed by atoms with Gasteiger partial charge in [-0.25, -0.2) is 4.79 Å². The van der Waals surface area contributed by atoms with Gasteiger partial charge >= 0.3 is 5.69 Å². The summed E-state index contributed by atoms with van der Waals surface area (Å²) < 4.78 is 7.69. The van der Waals surface area contributed by atoms with E-state index in [1.54, 1.807) is 25.3 Å². The van der Waals surface area contributed by atoms with Crippen molar-refractivity contribution in [1.29, 1.82) is 0 Å². The number of benzene rings is 1. The van der Waals surface area contributed by atoms with Crippen molar-refractivity contribution in [3.8, 4) is 11.4 Å². The SMILES string of the molecule is COc1cccc(-n2nnn(C)c2=O)c1CON=C(C)SC. The van der Waals surface area contributed by atoms with Gasteiger partial charge in [-0.05, 0) is 35.7 Å². The maximum Gasteiger partial charge on any atom is 0.368 e. The van der Waals surface area contributed by atoms with Crippen molar-refractivity contribution in [1.82, 2.24) is 19.8 Å². The van der Waals surface area contributed by atoms with Gasteiger partial charge in [0.2, 0.25) is 0 Å². The van der Waals surface area contributed by atoms with Gasteiger partial charge in [0.05, 0.1) is 18.4 Å². The Kier molecular flexibility index (Phi) is 5.21. The molecule has 2 aromatic rings. The maximum atomic E-state index is 12.0. The van der Waals surface area contributed by atoms with E-state index in [9.17, 15) is 4.79 Å². The second-order valence-corrected chi connectivity index (χ2v) is 5.34. The molecule has 0 aliphatic heterocycles. The highest BCUT2D eigenvalue weighted by molar-refractivity contribution is 8.13. The standard InChI is InChI=1S/C13H17N5O3S/c1-9(22-4)14-21-8-10-11(6-5-7-12(10)20-3)18-13(19)17(2)15-16-18/h5-7H,8H2,1-4H3. The first-order chi connectivity index (χ1) is 10.6. The molecule has 2 rings (SSSR count). The van der Waals surface area contributed by atoms with E-state index >= 15 is 0 Å². The van der Waals surface area contributed by atoms with Crippen molar-refractivity contribution in [3.05, 3.63) is 34.2 Å². The number of thioether (sulfide) groups is 1. The fourth-order valence-electron chi connectivity index (χ4n) is 1.78. The summed E-state index contributed by atoms with van der Waals surface area (Å²) >= 11 is 1.49. The average molecular weight is 323 g/mol. The summed E-state index contributed by atoms with van der Waals surface area (Å²) in [6.07, 6.45) is 1.91. The van der Waals surface area contributed by atoms with E-state index < -0.39 is 0 Å². The van der Waals surface area contributed by atoms with Crippen molar-refractivity contribution in [3.63, 3.8) is 0 Å². The van der Waals surface area contributed by atoms with Gasteiger partial charge in [-0.3, -0.25) is 0 Å². The molecule has 0 spiro atoms. The van der Waals surface area contributed by atoms with E-state index in [1.165, 1.54) is 23.5 Å². The summed E-state index contributed by atoms with van der Waals surface area (Å²) in [5, 5.41) is 12.3. The van der Waals surface area contributed by atoms with Crippen LogP contribution in [0.1, 0.15) is 12.5 Å². The maximum absolute atomic E-state index is 12.0. The molecule has 8 nitrogen and oxygen atoms in total. The highest BCUT2D eigenvalue weighted by Gasteiger charge is 2.15. The smallest absolute Gasteiger partial charge is 0.368 e. The van der Waals surface area contributed by atoms with Gasteiger partial charge in [-0.15, -0.1) is 11.8 Å². The molecule has 0 aliphatic rings. The Hall–Kier alpha value is -2.29. The molecular weight excluding hydrogens is 306 g/mol. The average Bonchev–Trinajstić information content (AvgIpc) is 2.86. The normalized spacial score (nSPS) is 11.5. The van der Waals surface area contributed by atoms with Crippen LogP contribution in [0.2, 0.25) is 0 Å². The topological polar surface area (TPSA) is 83.5 Å². The number of aryl methyl sites for hydroxylation is 1. The van der Waals surface area contributed by atoms with Gasteiger partial charge in [0.1, 0.15) is 17.4 Å². The van der Waals surface area contributed by atoms with Crippen molar-refractivity contribution < 1.29 is 9.57 Å². The number of ether oxygens (including phenoxy) is 1. The molecule has 9 heteroatoms. The van der Waals surface area contributed by atoms with Gasteiger partial charge in [-0.1, -0.05) is 11.2 Å². The minimum absolute atomic E-state index is 0.153. The van der Waals surface area contributed by atoms with Crippen LogP contribution >= 0.6 is 11.8 Å². The van der Waals surface area contributed by atoms with Crippen LogP contribution in [0.4, 0.5) is 0 Å². The Morgan fingerprint density at radius 3 is 2.77 bits per heavy atom. The Morgan fingerprint density at radius 2 is 2.18 bits per heavy atom. The summed E-state index contributed by atoms with van der Waals surface area (Å²) in [6, 6.07) is 5.31. The third kappa shape index (κ3) is 3.30. The number of nitrogens with zero attached hydrogens (tertiary/aromatic N) is 5. The lowest BCUT2D eigenvalue weighted by Gasteiger charge is -2.12. The van der Waals surface area contributed by atoms with Crippen molar-refractivity contribution >= 4 is 16.8 Å². The zero-order valence-corrected chi connectivity index (χ0v) is 13.6. The van der Waals surface area contributed by atoms with Gasteiger partial charge in [0.15, 0.2) is 0 Å². The summed E-state index contributed by atoms with van der Waals surface area (Å²) in [5.41, 5.74) is 0.873. The molecule has 118 valence electrons. The molecule has 0 bridgehead atoms. The van der Waals surface area contributed by atoms with Gasteiger partial charge in [0.25, 0.3) is 0 Å². The molecule has 0 N–H and O–H groups in total. The molecule has 0 aliphatic carbocycles. The second-order valence-electron chi connectivity index (χ2n) is 4.34. The van der Waals surface area contributed by atoms with Crippen molar-refractivity contribution in [2.45, 2.75) is 13.5 Å². The number of rotatable bonds is 5. The molecule has 0 saturated carbocycles. The van der Waals surface area contributed by atoms with E-state index in [0.29, 0.717) is 17.0 Å². The third-order valence-electron chi connectivity index (χ3n) is 2.98. The summed E-state index contributed by atoms with van der Waals surface area (Å²) in [6.45, 7) is 2.00. The van der Waals surface area contributed by atoms with Gasteiger partial charge < -0.3 is 9.57 Å². The van der Waals surface area contributed by atoms with Crippen molar-refractivity contribution in [2.24, 2.45) is 12.2 Å². The van der Waals surface area contributed by atoms with E-state index in [2.05, 4.69) is 15.6 Å². The Balaban J connectivity index is 2.42. The molecule has 0 unspecified atom stereocenters. The zero-order chi connectivity index (χ0) is 16.1. The number of oxime groups is 1. The first-order valence-corrected chi connectivity index (χ1v) is 7.66. The molecule has 0 fully saturated rings. The molecule has 0 atom stereocenters. The minimum Gasteiger partial charge on any atom is -0.496 e. The minimum atomic E-state index is -0.349. The highest BCUT2D eigenvalue weighted by Crippen LogP contribution is 2.25. The second kappa shape index (κ2) is 7.12. The molecule has 22 heavy (non-hydrogen) atoms. The highest BCUT2D eigenvalue weighted by atomic mass is 32.2. The van der Waals surface area contributed by atoms with Gasteiger partial charge in [0, 0.05) is 7.05 Å². The Bertz CT molecular complexity index is 738. The van der Waals surface area contributed by atoms with E-state index in [0.717, 1.165) is 9.73 Å². The van der Waals surface area contributed by atoms with Gasteiger partial charge in [-0.2, -0.15) is 9.36 Å². The third-order valence-corrected chi connectivity index (χ3v) is 3.64. The number of aromatic nitrogens is 4. The summed E-state index contributed by atoms with van der Waals surface area (Å²) in [5.74, 6) is 0.590. The molecule has 1 aromatic carbocycles. The van der Waals surface area contributed by atoms with Crippen LogP contribution < -0.4 is 10.4 Å². The lowest BCUT2D eigenvalue weighted by atomic mass is 10.1. The first kappa shape index (κ1) is 16.1.